The number of rotatable bonds is 7. The molecule has 0 saturated carbocycles. The summed E-state index contributed by atoms with van der Waals surface area (Å²) in [6.45, 7) is 6.76. The zero-order valence-corrected chi connectivity index (χ0v) is 21.6. The molecule has 2 atom stereocenters. The summed E-state index contributed by atoms with van der Waals surface area (Å²) < 4.78 is 45.9. The molecule has 0 bridgehead atoms. The predicted molar refractivity (Wildman–Crippen MR) is 137 cm³/mol. The zero-order valence-electron chi connectivity index (χ0n) is 21.6. The summed E-state index contributed by atoms with van der Waals surface area (Å²) in [6, 6.07) is 14.7. The van der Waals surface area contributed by atoms with Gasteiger partial charge in [0.2, 0.25) is 0 Å². The molecule has 2 aliphatic rings. The Morgan fingerprint density at radius 3 is 2.30 bits per heavy atom. The van der Waals surface area contributed by atoms with Crippen molar-refractivity contribution >= 4 is 5.69 Å². The molecule has 8 heteroatoms. The molecule has 2 heterocycles. The summed E-state index contributed by atoms with van der Waals surface area (Å²) in [5.74, 6) is 0.766. The van der Waals surface area contributed by atoms with Crippen molar-refractivity contribution in [2.24, 2.45) is 0 Å². The van der Waals surface area contributed by atoms with Crippen molar-refractivity contribution in [1.82, 2.24) is 4.90 Å². The highest BCUT2D eigenvalue weighted by molar-refractivity contribution is 5.55. The van der Waals surface area contributed by atoms with Gasteiger partial charge in [0, 0.05) is 43.8 Å². The SMILES string of the molecule is CC1CCCC(C)N1Cc1ccc(OCCC2(O)CCN(c3ccc(C#N)c(C(F)(F)F)c3)CC2)cc1. The molecule has 37 heavy (non-hydrogen) atoms. The molecule has 2 aromatic rings. The first-order valence-corrected chi connectivity index (χ1v) is 13.1. The number of hydrogen-bond donors (Lipinski definition) is 1. The Morgan fingerprint density at radius 2 is 1.70 bits per heavy atom. The summed E-state index contributed by atoms with van der Waals surface area (Å²) in [5.41, 5.74) is -0.553. The molecule has 2 saturated heterocycles. The van der Waals surface area contributed by atoms with E-state index in [9.17, 15) is 18.3 Å². The Kier molecular flexibility index (Phi) is 8.35. The average molecular weight is 516 g/mol. The van der Waals surface area contributed by atoms with E-state index in [0.29, 0.717) is 56.7 Å². The van der Waals surface area contributed by atoms with Gasteiger partial charge in [0.15, 0.2) is 0 Å². The van der Waals surface area contributed by atoms with Crippen LogP contribution >= 0.6 is 0 Å². The number of alkyl halides is 3. The quantitative estimate of drug-likeness (QED) is 0.480. The van der Waals surface area contributed by atoms with Crippen LogP contribution in [0.1, 0.15) is 69.1 Å². The number of piperidine rings is 2. The van der Waals surface area contributed by atoms with Gasteiger partial charge in [-0.2, -0.15) is 18.4 Å². The van der Waals surface area contributed by atoms with Gasteiger partial charge in [0.05, 0.1) is 29.4 Å². The Bertz CT molecular complexity index is 1080. The second kappa shape index (κ2) is 11.3. The van der Waals surface area contributed by atoms with E-state index < -0.39 is 17.3 Å². The Balaban J connectivity index is 1.26. The highest BCUT2D eigenvalue weighted by Crippen LogP contribution is 2.36. The van der Waals surface area contributed by atoms with Crippen LogP contribution in [0.3, 0.4) is 0 Å². The summed E-state index contributed by atoms with van der Waals surface area (Å²) >= 11 is 0. The second-order valence-corrected chi connectivity index (χ2v) is 10.6. The molecule has 200 valence electrons. The van der Waals surface area contributed by atoms with Crippen LogP contribution in [0.15, 0.2) is 42.5 Å². The fraction of sp³-hybridized carbons (Fsp3) is 0.552. The van der Waals surface area contributed by atoms with Gasteiger partial charge in [-0.25, -0.2) is 0 Å². The molecule has 0 amide bonds. The Morgan fingerprint density at radius 1 is 1.05 bits per heavy atom. The number of likely N-dealkylation sites (tertiary alicyclic amines) is 1. The minimum atomic E-state index is -4.59. The molecule has 2 fully saturated rings. The van der Waals surface area contributed by atoms with Gasteiger partial charge in [-0.05, 0) is 75.4 Å². The smallest absolute Gasteiger partial charge is 0.417 e. The van der Waals surface area contributed by atoms with Crippen LogP contribution in [-0.4, -0.2) is 47.4 Å². The van der Waals surface area contributed by atoms with Crippen molar-refractivity contribution in [3.8, 4) is 11.8 Å². The summed E-state index contributed by atoms with van der Waals surface area (Å²) in [6.07, 6.45) is 0.517. The third kappa shape index (κ3) is 6.77. The molecule has 4 rings (SSSR count). The lowest BCUT2D eigenvalue weighted by Crippen LogP contribution is -2.45. The summed E-state index contributed by atoms with van der Waals surface area (Å²) in [5, 5.41) is 20.0. The predicted octanol–water partition coefficient (Wildman–Crippen LogP) is 6.14. The normalized spacial score (nSPS) is 22.5. The van der Waals surface area contributed by atoms with E-state index in [1.165, 1.54) is 37.0 Å². The molecular weight excluding hydrogens is 479 g/mol. The minimum Gasteiger partial charge on any atom is -0.493 e. The van der Waals surface area contributed by atoms with E-state index in [1.54, 1.807) is 6.07 Å². The average Bonchev–Trinajstić information content (AvgIpc) is 2.87. The van der Waals surface area contributed by atoms with Crippen molar-refractivity contribution < 1.29 is 23.0 Å². The van der Waals surface area contributed by atoms with Crippen molar-refractivity contribution in [3.63, 3.8) is 0 Å². The molecule has 5 nitrogen and oxygen atoms in total. The third-order valence-electron chi connectivity index (χ3n) is 7.99. The van der Waals surface area contributed by atoms with Gasteiger partial charge in [-0.1, -0.05) is 18.6 Å². The summed E-state index contributed by atoms with van der Waals surface area (Å²) in [4.78, 5) is 4.39. The minimum absolute atomic E-state index is 0.366. The molecule has 0 spiro atoms. The first-order chi connectivity index (χ1) is 17.6. The maximum Gasteiger partial charge on any atom is 0.417 e. The van der Waals surface area contributed by atoms with Crippen molar-refractivity contribution in [1.29, 1.82) is 5.26 Å². The van der Waals surface area contributed by atoms with Crippen molar-refractivity contribution in [3.05, 3.63) is 59.2 Å². The highest BCUT2D eigenvalue weighted by atomic mass is 19.4. The highest BCUT2D eigenvalue weighted by Gasteiger charge is 2.36. The lowest BCUT2D eigenvalue weighted by atomic mass is 9.88. The van der Waals surface area contributed by atoms with Crippen molar-refractivity contribution in [2.75, 3.05) is 24.6 Å². The topological polar surface area (TPSA) is 59.7 Å². The number of halogens is 3. The van der Waals surface area contributed by atoms with E-state index in [-0.39, 0.29) is 5.56 Å². The molecule has 0 radical (unpaired) electrons. The number of aliphatic hydroxyl groups is 1. The number of anilines is 1. The summed E-state index contributed by atoms with van der Waals surface area (Å²) in [7, 11) is 0. The van der Waals surface area contributed by atoms with Gasteiger partial charge in [0.1, 0.15) is 5.75 Å². The zero-order chi connectivity index (χ0) is 26.6. The van der Waals surface area contributed by atoms with Crippen LogP contribution in [0.4, 0.5) is 18.9 Å². The van der Waals surface area contributed by atoms with Crippen LogP contribution in [0.2, 0.25) is 0 Å². The number of nitriles is 1. The lowest BCUT2D eigenvalue weighted by molar-refractivity contribution is -0.137. The van der Waals surface area contributed by atoms with Crippen LogP contribution in [0.5, 0.6) is 5.75 Å². The van der Waals surface area contributed by atoms with Crippen LogP contribution in [-0.2, 0) is 12.7 Å². The van der Waals surface area contributed by atoms with E-state index in [1.807, 2.05) is 17.0 Å². The van der Waals surface area contributed by atoms with Gasteiger partial charge < -0.3 is 14.7 Å². The van der Waals surface area contributed by atoms with Crippen LogP contribution in [0, 0.1) is 11.3 Å². The van der Waals surface area contributed by atoms with E-state index in [4.69, 9.17) is 10.00 Å². The van der Waals surface area contributed by atoms with Gasteiger partial charge >= 0.3 is 6.18 Å². The molecule has 0 aliphatic carbocycles. The third-order valence-corrected chi connectivity index (χ3v) is 7.99. The largest absolute Gasteiger partial charge is 0.493 e. The molecular formula is C29H36F3N3O2. The maximum atomic E-state index is 13.3. The lowest BCUT2D eigenvalue weighted by Gasteiger charge is -2.39. The first-order valence-electron chi connectivity index (χ1n) is 13.1. The molecule has 2 aliphatic heterocycles. The fourth-order valence-electron chi connectivity index (χ4n) is 5.54. The van der Waals surface area contributed by atoms with Crippen LogP contribution < -0.4 is 9.64 Å². The number of nitrogens with zero attached hydrogens (tertiary/aromatic N) is 3. The van der Waals surface area contributed by atoms with Gasteiger partial charge in [0.25, 0.3) is 0 Å². The van der Waals surface area contributed by atoms with Crippen molar-refractivity contribution in [2.45, 2.75) is 82.8 Å². The number of benzene rings is 2. The molecule has 0 aromatic heterocycles. The Hall–Kier alpha value is -2.76. The molecule has 2 aromatic carbocycles. The van der Waals surface area contributed by atoms with Gasteiger partial charge in [-0.15, -0.1) is 0 Å². The maximum absolute atomic E-state index is 13.3. The van der Waals surface area contributed by atoms with E-state index in [2.05, 4.69) is 30.9 Å². The number of hydrogen-bond acceptors (Lipinski definition) is 5. The number of ether oxygens (including phenoxy) is 1. The van der Waals surface area contributed by atoms with Crippen LogP contribution in [0.25, 0.3) is 0 Å². The first kappa shape index (κ1) is 27.3. The standard InChI is InChI=1S/C29H36F3N3O2/c1-21-4-3-5-22(2)35(21)20-23-6-10-26(11-7-23)37-17-14-28(36)12-15-34(16-13-28)25-9-8-24(19-33)27(18-25)29(30,31)32/h6-11,18,21-22,36H,3-5,12-17,20H2,1-2H3. The second-order valence-electron chi connectivity index (χ2n) is 10.6. The Labute approximate surface area is 217 Å². The molecule has 2 unspecified atom stereocenters. The molecule has 1 N–H and O–H groups in total. The fourth-order valence-corrected chi connectivity index (χ4v) is 5.54. The monoisotopic (exact) mass is 515 g/mol. The van der Waals surface area contributed by atoms with E-state index in [0.717, 1.165) is 18.4 Å². The van der Waals surface area contributed by atoms with Gasteiger partial charge in [-0.3, -0.25) is 4.90 Å². The van der Waals surface area contributed by atoms with E-state index >= 15 is 0 Å².